The lowest BCUT2D eigenvalue weighted by Crippen LogP contribution is -2.27. The van der Waals surface area contributed by atoms with Gasteiger partial charge >= 0.3 is 0 Å². The van der Waals surface area contributed by atoms with Crippen LogP contribution in [-0.2, 0) is 15.6 Å². The maximum absolute atomic E-state index is 11.4. The molecule has 1 rings (SSSR count). The Bertz CT molecular complexity index is 507. The Labute approximate surface area is 120 Å². The van der Waals surface area contributed by atoms with Gasteiger partial charge in [-0.3, -0.25) is 0 Å². The lowest BCUT2D eigenvalue weighted by Gasteiger charge is -2.19. The molecule has 0 bridgehead atoms. The predicted molar refractivity (Wildman–Crippen MR) is 77.1 cm³/mol. The first kappa shape index (κ1) is 16.5. The summed E-state index contributed by atoms with van der Waals surface area (Å²) < 4.78 is 24.6. The highest BCUT2D eigenvalue weighted by atomic mass is 35.7. The molecule has 1 aromatic heterocycles. The highest BCUT2D eigenvalue weighted by molar-refractivity contribution is 8.13. The van der Waals surface area contributed by atoms with Crippen LogP contribution < -0.4 is 0 Å². The lowest BCUT2D eigenvalue weighted by molar-refractivity contribution is 0.288. The zero-order valence-corrected chi connectivity index (χ0v) is 13.5. The smallest absolute Gasteiger partial charge is 0.280 e. The SMILES string of the molecule is CCN(CC)CCn1cc(S(=O)(=O)Cl)nc1C(C)C. The number of halogens is 1. The molecule has 0 spiro atoms. The maximum Gasteiger partial charge on any atom is 0.280 e. The van der Waals surface area contributed by atoms with Crippen LogP contribution >= 0.6 is 10.7 Å². The highest BCUT2D eigenvalue weighted by Crippen LogP contribution is 2.19. The van der Waals surface area contributed by atoms with Crippen molar-refractivity contribution in [2.45, 2.75) is 45.2 Å². The first-order chi connectivity index (χ1) is 8.79. The fourth-order valence-corrected chi connectivity index (χ4v) is 2.63. The molecule has 0 saturated heterocycles. The summed E-state index contributed by atoms with van der Waals surface area (Å²) >= 11 is 0. The van der Waals surface area contributed by atoms with Crippen molar-refractivity contribution in [1.82, 2.24) is 14.5 Å². The monoisotopic (exact) mass is 307 g/mol. The van der Waals surface area contributed by atoms with Gasteiger partial charge in [-0.05, 0) is 13.1 Å². The molecule has 19 heavy (non-hydrogen) atoms. The van der Waals surface area contributed by atoms with E-state index in [2.05, 4.69) is 23.7 Å². The molecule has 0 aliphatic heterocycles. The highest BCUT2D eigenvalue weighted by Gasteiger charge is 2.19. The quantitative estimate of drug-likeness (QED) is 0.725. The summed E-state index contributed by atoms with van der Waals surface area (Å²) in [5.74, 6) is 0.912. The standard InChI is InChI=1S/C12H22ClN3O2S/c1-5-15(6-2)7-8-16-9-11(19(13,17)18)14-12(16)10(3)4/h9-10H,5-8H2,1-4H3. The number of hydrogen-bond acceptors (Lipinski definition) is 4. The van der Waals surface area contributed by atoms with E-state index in [1.165, 1.54) is 6.20 Å². The van der Waals surface area contributed by atoms with Crippen LogP contribution in [0.5, 0.6) is 0 Å². The molecule has 1 heterocycles. The van der Waals surface area contributed by atoms with Crippen molar-refractivity contribution in [3.63, 3.8) is 0 Å². The number of nitrogens with zero attached hydrogens (tertiary/aromatic N) is 3. The van der Waals surface area contributed by atoms with Crippen LogP contribution in [0.3, 0.4) is 0 Å². The predicted octanol–water partition coefficient (Wildman–Crippen LogP) is 2.28. The molecule has 0 atom stereocenters. The van der Waals surface area contributed by atoms with E-state index in [1.807, 2.05) is 18.4 Å². The Morgan fingerprint density at radius 1 is 1.37 bits per heavy atom. The van der Waals surface area contributed by atoms with E-state index in [4.69, 9.17) is 10.7 Å². The normalized spacial score (nSPS) is 12.6. The number of rotatable bonds is 7. The first-order valence-corrected chi connectivity index (χ1v) is 8.84. The minimum atomic E-state index is -3.76. The van der Waals surface area contributed by atoms with E-state index in [9.17, 15) is 8.42 Å². The largest absolute Gasteiger partial charge is 0.332 e. The van der Waals surface area contributed by atoms with Crippen LogP contribution in [0.15, 0.2) is 11.2 Å². The van der Waals surface area contributed by atoms with Crippen LogP contribution in [-0.4, -0.2) is 42.5 Å². The van der Waals surface area contributed by atoms with Gasteiger partial charge in [-0.25, -0.2) is 13.4 Å². The van der Waals surface area contributed by atoms with Gasteiger partial charge in [0.1, 0.15) is 5.82 Å². The summed E-state index contributed by atoms with van der Waals surface area (Å²) in [5, 5.41) is -0.0580. The van der Waals surface area contributed by atoms with Crippen LogP contribution in [0.1, 0.15) is 39.4 Å². The van der Waals surface area contributed by atoms with Crippen molar-refractivity contribution >= 4 is 19.7 Å². The second kappa shape index (κ2) is 6.72. The van der Waals surface area contributed by atoms with Gasteiger partial charge in [0.15, 0.2) is 5.03 Å². The van der Waals surface area contributed by atoms with E-state index in [0.717, 1.165) is 25.5 Å². The summed E-state index contributed by atoms with van der Waals surface area (Å²) in [5.41, 5.74) is 0. The van der Waals surface area contributed by atoms with Crippen LogP contribution in [0.25, 0.3) is 0 Å². The van der Waals surface area contributed by atoms with Gasteiger partial charge in [-0.2, -0.15) is 0 Å². The summed E-state index contributed by atoms with van der Waals surface area (Å²) in [7, 11) is 1.59. The molecule has 5 nitrogen and oxygen atoms in total. The van der Waals surface area contributed by atoms with Gasteiger partial charge in [-0.1, -0.05) is 27.7 Å². The molecule has 0 saturated carbocycles. The van der Waals surface area contributed by atoms with E-state index in [-0.39, 0.29) is 10.9 Å². The molecule has 110 valence electrons. The second-order valence-electron chi connectivity index (χ2n) is 4.75. The molecular formula is C12H22ClN3O2S. The fourth-order valence-electron chi connectivity index (χ4n) is 1.95. The topological polar surface area (TPSA) is 55.2 Å². The first-order valence-electron chi connectivity index (χ1n) is 6.53. The zero-order valence-electron chi connectivity index (χ0n) is 11.9. The Morgan fingerprint density at radius 2 is 1.95 bits per heavy atom. The van der Waals surface area contributed by atoms with Gasteiger partial charge in [-0.15, -0.1) is 0 Å². The molecule has 0 unspecified atom stereocenters. The van der Waals surface area contributed by atoms with Gasteiger partial charge in [0.2, 0.25) is 0 Å². The van der Waals surface area contributed by atoms with Gasteiger partial charge < -0.3 is 9.47 Å². The molecule has 1 aromatic rings. The van der Waals surface area contributed by atoms with E-state index in [1.54, 1.807) is 0 Å². The molecule has 0 aromatic carbocycles. The minimum Gasteiger partial charge on any atom is -0.332 e. The third kappa shape index (κ3) is 4.47. The zero-order chi connectivity index (χ0) is 14.6. The molecule has 0 fully saturated rings. The third-order valence-corrected chi connectivity index (χ3v) is 4.27. The fraction of sp³-hybridized carbons (Fsp3) is 0.750. The molecule has 0 N–H and O–H groups in total. The Hall–Kier alpha value is -0.590. The van der Waals surface area contributed by atoms with Crippen LogP contribution in [0.2, 0.25) is 0 Å². The summed E-state index contributed by atoms with van der Waals surface area (Å²) in [4.78, 5) is 6.41. The number of aromatic nitrogens is 2. The summed E-state index contributed by atoms with van der Waals surface area (Å²) in [6.07, 6.45) is 1.53. The average molecular weight is 308 g/mol. The minimum absolute atomic E-state index is 0.0580. The van der Waals surface area contributed by atoms with E-state index < -0.39 is 9.05 Å². The van der Waals surface area contributed by atoms with Crippen LogP contribution in [0.4, 0.5) is 0 Å². The Balaban J connectivity index is 2.96. The Morgan fingerprint density at radius 3 is 2.37 bits per heavy atom. The average Bonchev–Trinajstić information content (AvgIpc) is 2.74. The van der Waals surface area contributed by atoms with Gasteiger partial charge in [0.05, 0.1) is 0 Å². The molecule has 0 aliphatic rings. The molecule has 0 aliphatic carbocycles. The van der Waals surface area contributed by atoms with Crippen molar-refractivity contribution in [3.8, 4) is 0 Å². The van der Waals surface area contributed by atoms with E-state index >= 15 is 0 Å². The molecule has 0 radical (unpaired) electrons. The molecule has 7 heteroatoms. The van der Waals surface area contributed by atoms with Crippen molar-refractivity contribution in [2.75, 3.05) is 19.6 Å². The van der Waals surface area contributed by atoms with E-state index in [0.29, 0.717) is 6.54 Å². The Kier molecular flexibility index (Phi) is 5.82. The maximum atomic E-state index is 11.4. The van der Waals surface area contributed by atoms with Crippen molar-refractivity contribution in [3.05, 3.63) is 12.0 Å². The second-order valence-corrected chi connectivity index (χ2v) is 7.26. The summed E-state index contributed by atoms with van der Waals surface area (Å²) in [6.45, 7) is 11.7. The third-order valence-electron chi connectivity index (χ3n) is 3.10. The lowest BCUT2D eigenvalue weighted by atomic mass is 10.2. The number of imidazole rings is 1. The number of likely N-dealkylation sites (N-methyl/N-ethyl adjacent to an activating group) is 1. The van der Waals surface area contributed by atoms with Gasteiger partial charge in [0.25, 0.3) is 9.05 Å². The molecular weight excluding hydrogens is 286 g/mol. The number of hydrogen-bond donors (Lipinski definition) is 0. The summed E-state index contributed by atoms with van der Waals surface area (Å²) in [6, 6.07) is 0. The van der Waals surface area contributed by atoms with Crippen molar-refractivity contribution in [2.24, 2.45) is 0 Å². The van der Waals surface area contributed by atoms with Gasteiger partial charge in [0, 0.05) is 35.9 Å². The van der Waals surface area contributed by atoms with Crippen molar-refractivity contribution < 1.29 is 8.42 Å². The molecule has 0 amide bonds. The van der Waals surface area contributed by atoms with Crippen molar-refractivity contribution in [1.29, 1.82) is 0 Å². The van der Waals surface area contributed by atoms with Crippen LogP contribution in [0, 0.1) is 0 Å².